The van der Waals surface area contributed by atoms with Crippen LogP contribution in [0.15, 0.2) is 53.9 Å². The summed E-state index contributed by atoms with van der Waals surface area (Å²) in [5, 5.41) is 12.6. The number of carboxylic acid groups (broad SMARTS) is 1. The molecule has 2 aliphatic rings. The molecule has 2 aromatic carbocycles. The Morgan fingerprint density at radius 3 is 2.71 bits per heavy atom. The molecule has 1 heterocycles. The van der Waals surface area contributed by atoms with E-state index in [-0.39, 0.29) is 5.92 Å². The van der Waals surface area contributed by atoms with Gasteiger partial charge in [-0.05, 0) is 53.6 Å². The summed E-state index contributed by atoms with van der Waals surface area (Å²) in [6.07, 6.45) is 7.45. The zero-order valence-corrected chi connectivity index (χ0v) is 16.5. The fourth-order valence-electron chi connectivity index (χ4n) is 4.23. The average molecular weight is 391 g/mol. The Morgan fingerprint density at radius 2 is 2.00 bits per heavy atom. The lowest BCUT2D eigenvalue weighted by Gasteiger charge is -2.33. The molecule has 0 saturated heterocycles. The second-order valence-electron chi connectivity index (χ2n) is 7.40. The molecule has 5 rings (SSSR count). The Morgan fingerprint density at radius 1 is 1.18 bits per heavy atom. The zero-order chi connectivity index (χ0) is 19.7. The molecule has 0 bridgehead atoms. The molecule has 0 spiro atoms. The third-order valence-electron chi connectivity index (χ3n) is 5.56. The second-order valence-corrected chi connectivity index (χ2v) is 8.52. The normalized spacial score (nSPS) is 20.1. The number of aryl methyl sites for hydroxylation is 1. The maximum atomic E-state index is 12.3. The van der Waals surface area contributed by atoms with E-state index < -0.39 is 5.97 Å². The van der Waals surface area contributed by atoms with Gasteiger partial charge >= 0.3 is 5.97 Å². The summed E-state index contributed by atoms with van der Waals surface area (Å²) in [7, 11) is 0. The number of Topliss-reactive ketones (excluding diaryl/α,β-unsaturated/α-hetero) is 1. The number of aromatic carboxylic acids is 1. The highest BCUT2D eigenvalue weighted by atomic mass is 32.1. The van der Waals surface area contributed by atoms with E-state index in [1.54, 1.807) is 11.4 Å². The first-order valence-corrected chi connectivity index (χ1v) is 10.4. The monoisotopic (exact) mass is 390 g/mol. The summed E-state index contributed by atoms with van der Waals surface area (Å²) >= 11 is 1.45. The van der Waals surface area contributed by atoms with E-state index in [4.69, 9.17) is 5.11 Å². The second kappa shape index (κ2) is 7.72. The molecule has 142 valence electrons. The predicted molar refractivity (Wildman–Crippen MR) is 114 cm³/mol. The van der Waals surface area contributed by atoms with Crippen LogP contribution in [0, 0.1) is 12.8 Å². The van der Waals surface area contributed by atoms with E-state index in [2.05, 4.69) is 48.6 Å². The van der Waals surface area contributed by atoms with Crippen molar-refractivity contribution in [2.75, 3.05) is 0 Å². The summed E-state index contributed by atoms with van der Waals surface area (Å²) in [5.41, 5.74) is 2.89. The fraction of sp³-hybridized carbons (Fsp3) is 0.250. The Bertz CT molecular complexity index is 1080. The van der Waals surface area contributed by atoms with Crippen molar-refractivity contribution < 1.29 is 14.7 Å². The molecule has 0 radical (unpaired) electrons. The molecule has 0 aliphatic heterocycles. The number of hydrogen-bond donors (Lipinski definition) is 1. The third kappa shape index (κ3) is 3.52. The van der Waals surface area contributed by atoms with Crippen LogP contribution in [0.4, 0.5) is 0 Å². The smallest absolute Gasteiger partial charge is 0.336 e. The number of ketones is 1. The van der Waals surface area contributed by atoms with Crippen molar-refractivity contribution in [3.05, 3.63) is 75.5 Å². The molecule has 3 nitrogen and oxygen atoms in total. The quantitative estimate of drug-likeness (QED) is 0.548. The first-order chi connectivity index (χ1) is 13.5. The number of benzene rings is 2. The van der Waals surface area contributed by atoms with E-state index in [1.807, 2.05) is 6.92 Å². The number of thiophene rings is 1. The molecule has 1 fully saturated rings. The lowest BCUT2D eigenvalue weighted by Crippen LogP contribution is -2.27. The largest absolute Gasteiger partial charge is 0.478 e. The number of allylic oxidation sites excluding steroid dienone is 1. The van der Waals surface area contributed by atoms with Crippen molar-refractivity contribution in [3.8, 4) is 0 Å². The van der Waals surface area contributed by atoms with Gasteiger partial charge in [0.25, 0.3) is 0 Å². The van der Waals surface area contributed by atoms with Crippen molar-refractivity contribution in [1.29, 1.82) is 0 Å². The van der Waals surface area contributed by atoms with Crippen molar-refractivity contribution in [1.82, 2.24) is 0 Å². The molecule has 28 heavy (non-hydrogen) atoms. The highest BCUT2D eigenvalue weighted by molar-refractivity contribution is 7.10. The number of carbonyl (C=O) groups is 2. The van der Waals surface area contributed by atoms with Crippen LogP contribution in [-0.2, 0) is 4.79 Å². The third-order valence-corrected chi connectivity index (χ3v) is 6.42. The molecule has 1 aromatic heterocycles. The van der Waals surface area contributed by atoms with Gasteiger partial charge in [-0.15, -0.1) is 11.3 Å². The summed E-state index contributed by atoms with van der Waals surface area (Å²) < 4.78 is 0. The maximum absolute atomic E-state index is 12.3. The minimum Gasteiger partial charge on any atom is -0.478 e. The lowest BCUT2D eigenvalue weighted by atomic mass is 9.70. The predicted octanol–water partition coefficient (Wildman–Crippen LogP) is 6.07. The van der Waals surface area contributed by atoms with E-state index in [0.717, 1.165) is 24.1 Å². The van der Waals surface area contributed by atoms with Gasteiger partial charge in [-0.2, -0.15) is 0 Å². The molecular weight excluding hydrogens is 368 g/mol. The van der Waals surface area contributed by atoms with Gasteiger partial charge in [0, 0.05) is 22.6 Å². The van der Waals surface area contributed by atoms with Gasteiger partial charge in [-0.25, -0.2) is 4.79 Å². The number of hydrogen-bond acceptors (Lipinski definition) is 3. The van der Waals surface area contributed by atoms with Crippen LogP contribution in [0.25, 0.3) is 16.8 Å². The number of carbonyl (C=O) groups excluding carboxylic acids is 1. The summed E-state index contributed by atoms with van der Waals surface area (Å²) in [6.45, 7) is 1.89. The SMILES string of the molecule is Cc1cc(C(=O)O)cs1.O=C1CCCC2C=Cc3c(ccc4ccccc34)C12. The van der Waals surface area contributed by atoms with Crippen LogP contribution in [0.2, 0.25) is 0 Å². The van der Waals surface area contributed by atoms with Gasteiger partial charge in [0.1, 0.15) is 5.78 Å². The van der Waals surface area contributed by atoms with E-state index in [1.165, 1.54) is 33.2 Å². The Balaban J connectivity index is 0.000000181. The van der Waals surface area contributed by atoms with Crippen LogP contribution in [0.1, 0.15) is 51.5 Å². The first-order valence-electron chi connectivity index (χ1n) is 9.55. The Labute approximate surface area is 168 Å². The van der Waals surface area contributed by atoms with Gasteiger partial charge in [0.15, 0.2) is 0 Å². The highest BCUT2D eigenvalue weighted by Gasteiger charge is 2.35. The number of fused-ring (bicyclic) bond motifs is 5. The van der Waals surface area contributed by atoms with Gasteiger partial charge in [-0.3, -0.25) is 4.79 Å². The zero-order valence-electron chi connectivity index (χ0n) is 15.7. The molecule has 0 amide bonds. The standard InChI is InChI=1S/C18H16O.C6H6O2S/c19-17-7-3-5-13-9-10-15-14-6-2-1-4-12(14)8-11-16(15)18(13)17;1-4-2-5(3-9-4)6(7)8/h1-2,4,6,8-11,13,18H,3,5,7H2;2-3H,1H3,(H,7,8). The van der Waals surface area contributed by atoms with E-state index in [0.29, 0.717) is 17.3 Å². The molecule has 1 N–H and O–H groups in total. The molecule has 1 saturated carbocycles. The summed E-state index contributed by atoms with van der Waals surface area (Å²) in [4.78, 5) is 23.5. The minimum atomic E-state index is -0.848. The van der Waals surface area contributed by atoms with Crippen LogP contribution in [0.3, 0.4) is 0 Å². The van der Waals surface area contributed by atoms with Gasteiger partial charge in [0.05, 0.1) is 5.56 Å². The Kier molecular flexibility index (Phi) is 5.14. The molecule has 4 heteroatoms. The van der Waals surface area contributed by atoms with Gasteiger partial charge in [-0.1, -0.05) is 48.6 Å². The van der Waals surface area contributed by atoms with Crippen molar-refractivity contribution >= 4 is 39.9 Å². The van der Waals surface area contributed by atoms with E-state index in [9.17, 15) is 9.59 Å². The number of rotatable bonds is 1. The van der Waals surface area contributed by atoms with Gasteiger partial charge < -0.3 is 5.11 Å². The summed E-state index contributed by atoms with van der Waals surface area (Å²) in [5.74, 6) is 0.116. The van der Waals surface area contributed by atoms with Gasteiger partial charge in [0.2, 0.25) is 0 Å². The fourth-order valence-corrected chi connectivity index (χ4v) is 4.91. The first kappa shape index (κ1) is 18.6. The van der Waals surface area contributed by atoms with Crippen molar-refractivity contribution in [2.45, 2.75) is 32.1 Å². The van der Waals surface area contributed by atoms with Crippen LogP contribution in [-0.4, -0.2) is 16.9 Å². The topological polar surface area (TPSA) is 54.4 Å². The number of carboxylic acids is 1. The average Bonchev–Trinajstić information content (AvgIpc) is 3.15. The Hall–Kier alpha value is -2.72. The molecule has 3 aromatic rings. The van der Waals surface area contributed by atoms with E-state index >= 15 is 0 Å². The lowest BCUT2D eigenvalue weighted by molar-refractivity contribution is -0.122. The van der Waals surface area contributed by atoms with Crippen molar-refractivity contribution in [3.63, 3.8) is 0 Å². The minimum absolute atomic E-state index is 0.110. The summed E-state index contributed by atoms with van der Waals surface area (Å²) in [6, 6.07) is 14.4. The van der Waals surface area contributed by atoms with Crippen molar-refractivity contribution in [2.24, 2.45) is 5.92 Å². The molecular formula is C24H22O3S. The van der Waals surface area contributed by atoms with Crippen LogP contribution >= 0.6 is 11.3 Å². The molecule has 2 unspecified atom stereocenters. The van der Waals surface area contributed by atoms with Crippen LogP contribution in [0.5, 0.6) is 0 Å². The van der Waals surface area contributed by atoms with Crippen LogP contribution < -0.4 is 0 Å². The molecule has 2 atom stereocenters. The highest BCUT2D eigenvalue weighted by Crippen LogP contribution is 2.43. The molecule has 2 aliphatic carbocycles. The maximum Gasteiger partial charge on any atom is 0.336 e.